The van der Waals surface area contributed by atoms with Gasteiger partial charge in [-0.1, -0.05) is 363 Å². The van der Waals surface area contributed by atoms with Crippen LogP contribution >= 0.6 is 0 Å². The van der Waals surface area contributed by atoms with E-state index in [-0.39, 0.29) is 34.6 Å². The van der Waals surface area contributed by atoms with Crippen molar-refractivity contribution in [2.75, 3.05) is 0 Å². The second-order valence-corrected chi connectivity index (χ2v) is 22.0. The Hall–Kier alpha value is -2.41. The third kappa shape index (κ3) is 51.5. The molecule has 4 heteroatoms. The van der Waals surface area contributed by atoms with Crippen molar-refractivity contribution in [3.05, 3.63) is 89.5 Å². The topological polar surface area (TPSA) is 69.2 Å². The Morgan fingerprint density at radius 2 is 0.315 bits per heavy atom. The predicted octanol–water partition coefficient (Wildman–Crippen LogP) is 21.1. The summed E-state index contributed by atoms with van der Waals surface area (Å²) in [7, 11) is 0. The van der Waals surface area contributed by atoms with Gasteiger partial charge in [-0.2, -0.15) is 0 Å². The van der Waals surface area contributed by atoms with Gasteiger partial charge in [0.25, 0.3) is 0 Å². The Morgan fingerprint density at radius 1 is 0.192 bits per heavy atom. The molecule has 0 bridgehead atoms. The van der Waals surface area contributed by atoms with E-state index in [1.165, 1.54) is 306 Å². The van der Waals surface area contributed by atoms with Gasteiger partial charge in [0.2, 0.25) is 0 Å². The van der Waals surface area contributed by atoms with Crippen molar-refractivity contribution in [1.82, 2.24) is 0 Å². The zero-order chi connectivity index (χ0) is 51.9. The van der Waals surface area contributed by atoms with Crippen LogP contribution in [0.5, 0.6) is 17.2 Å². The second kappa shape index (κ2) is 57.3. The molecule has 0 aliphatic heterocycles. The van der Waals surface area contributed by atoms with Gasteiger partial charge in [-0.25, -0.2) is 0 Å². The fourth-order valence-corrected chi connectivity index (χ4v) is 10.1. The maximum absolute atomic E-state index is 11.0. The molecule has 0 aliphatic carbocycles. The molecule has 3 nitrogen and oxygen atoms in total. The Balaban J connectivity index is 0.00000106. The number of hydrogen-bond acceptors (Lipinski definition) is 3. The van der Waals surface area contributed by atoms with Crippen molar-refractivity contribution < 1.29 is 15.3 Å². The maximum Gasteiger partial charge on any atom is 3.00 e. The number of hydrogen-bond donors (Lipinski definition) is 0. The molecular weight excluding hydrogens is 904 g/mol. The van der Waals surface area contributed by atoms with Crippen LogP contribution in [-0.2, 0) is 19.3 Å². The summed E-state index contributed by atoms with van der Waals surface area (Å²) in [4.78, 5) is 0. The summed E-state index contributed by atoms with van der Waals surface area (Å²) in [5.41, 5.74) is 3.93. The largest absolute Gasteiger partial charge is 3.00 e. The Bertz CT molecular complexity index is 1290. The van der Waals surface area contributed by atoms with Crippen molar-refractivity contribution >= 4 is 17.4 Å². The van der Waals surface area contributed by atoms with Crippen LogP contribution in [0.2, 0.25) is 0 Å². The van der Waals surface area contributed by atoms with E-state index in [0.717, 1.165) is 19.3 Å². The van der Waals surface area contributed by atoms with E-state index in [2.05, 4.69) is 20.8 Å². The minimum Gasteiger partial charge on any atom is -0.872 e. The van der Waals surface area contributed by atoms with Gasteiger partial charge >= 0.3 is 17.4 Å². The average molecular weight is 1020 g/mol. The summed E-state index contributed by atoms with van der Waals surface area (Å²) in [5, 5.41) is 33.1. The molecule has 0 unspecified atom stereocenters. The number of aryl methyl sites for hydroxylation is 3. The van der Waals surface area contributed by atoms with Crippen LogP contribution in [0.25, 0.3) is 0 Å². The second-order valence-electron chi connectivity index (χ2n) is 22.0. The van der Waals surface area contributed by atoms with Crippen molar-refractivity contribution in [3.8, 4) is 17.2 Å². The molecule has 0 atom stereocenters. The van der Waals surface area contributed by atoms with Gasteiger partial charge in [-0.05, 0) is 55.2 Å². The number of unbranched alkanes of at least 4 members (excludes halogenated alkanes) is 42. The molecule has 3 aromatic carbocycles. The molecule has 0 saturated carbocycles. The van der Waals surface area contributed by atoms with Gasteiger partial charge in [0.15, 0.2) is 0 Å². The molecule has 3 rings (SSSR count). The van der Waals surface area contributed by atoms with Crippen LogP contribution in [0.1, 0.15) is 326 Å². The third-order valence-electron chi connectivity index (χ3n) is 15.0. The molecule has 73 heavy (non-hydrogen) atoms. The Kier molecular flexibility index (Phi) is 55.4. The van der Waals surface area contributed by atoms with Gasteiger partial charge in [-0.3, -0.25) is 0 Å². The summed E-state index contributed by atoms with van der Waals surface area (Å²) in [6.45, 7) is 6.86. The monoisotopic (exact) mass is 1020 g/mol. The van der Waals surface area contributed by atoms with Gasteiger partial charge < -0.3 is 15.3 Å². The molecule has 414 valence electrons. The fourth-order valence-electron chi connectivity index (χ4n) is 10.1. The summed E-state index contributed by atoms with van der Waals surface area (Å²) < 4.78 is 0. The smallest absolute Gasteiger partial charge is 0.872 e. The molecule has 0 N–H and O–H groups in total. The van der Waals surface area contributed by atoms with E-state index < -0.39 is 0 Å². The minimum atomic E-state index is 0. The first-order valence-electron chi connectivity index (χ1n) is 31.8. The van der Waals surface area contributed by atoms with Gasteiger partial charge in [-0.15, -0.1) is 17.2 Å². The molecule has 0 radical (unpaired) electrons. The normalized spacial score (nSPS) is 10.9. The summed E-state index contributed by atoms with van der Waals surface area (Å²) in [6, 6.07) is 22.0. The van der Waals surface area contributed by atoms with Crippen LogP contribution in [0, 0.1) is 0 Å². The molecule has 0 fully saturated rings. The zero-order valence-corrected chi connectivity index (χ0v) is 49.8. The van der Waals surface area contributed by atoms with Crippen molar-refractivity contribution in [2.45, 2.75) is 329 Å². The van der Waals surface area contributed by atoms with E-state index in [1.807, 2.05) is 36.4 Å². The van der Waals surface area contributed by atoms with Crippen LogP contribution in [0.4, 0.5) is 0 Å². The molecule has 3 aromatic rings. The maximum atomic E-state index is 11.0. The molecule has 0 aromatic heterocycles. The van der Waals surface area contributed by atoms with Crippen LogP contribution in [0.15, 0.2) is 72.8 Å². The zero-order valence-electron chi connectivity index (χ0n) is 48.7. The van der Waals surface area contributed by atoms with E-state index in [4.69, 9.17) is 0 Å². The molecule has 0 amide bonds. The summed E-state index contributed by atoms with van der Waals surface area (Å²) >= 11 is 0. The number of benzene rings is 3. The predicted molar refractivity (Wildman–Crippen MR) is 319 cm³/mol. The van der Waals surface area contributed by atoms with Crippen molar-refractivity contribution in [3.63, 3.8) is 0 Å². The van der Waals surface area contributed by atoms with E-state index in [1.54, 1.807) is 36.4 Å². The van der Waals surface area contributed by atoms with E-state index in [0.29, 0.717) is 0 Å². The van der Waals surface area contributed by atoms with E-state index >= 15 is 0 Å². The summed E-state index contributed by atoms with van der Waals surface area (Å²) in [6.07, 6.45) is 66.8. The van der Waals surface area contributed by atoms with Gasteiger partial charge in [0.1, 0.15) is 0 Å². The third-order valence-corrected chi connectivity index (χ3v) is 15.0. The Morgan fingerprint density at radius 3 is 0.452 bits per heavy atom. The van der Waals surface area contributed by atoms with Gasteiger partial charge in [0, 0.05) is 0 Å². The SMILES string of the molecule is CCCCCCCCCCCCCCCCCc1ccc([O-])cc1.CCCCCCCCCCCCCCCCCc1ccc([O-])cc1.CCCCCCCCCCCCCCCCCc1ccc([O-])cc1.[Al+3]. The van der Waals surface area contributed by atoms with Gasteiger partial charge in [0.05, 0.1) is 0 Å². The fraction of sp³-hybridized carbons (Fsp3) is 0.739. The molecule has 0 spiro atoms. The van der Waals surface area contributed by atoms with E-state index in [9.17, 15) is 15.3 Å². The Labute approximate surface area is 465 Å². The molecular formula is C69H117AlO3. The van der Waals surface area contributed by atoms with Crippen molar-refractivity contribution in [2.24, 2.45) is 0 Å². The molecule has 0 saturated heterocycles. The molecule has 0 heterocycles. The quantitative estimate of drug-likeness (QED) is 0.0418. The first kappa shape index (κ1) is 70.6. The van der Waals surface area contributed by atoms with Crippen molar-refractivity contribution in [1.29, 1.82) is 0 Å². The summed E-state index contributed by atoms with van der Waals surface area (Å²) in [5.74, 6) is 0.362. The average Bonchev–Trinajstić information content (AvgIpc) is 3.39. The van der Waals surface area contributed by atoms with Crippen LogP contribution in [-0.4, -0.2) is 17.4 Å². The molecule has 0 aliphatic rings. The first-order valence-corrected chi connectivity index (χ1v) is 31.8. The minimum absolute atomic E-state index is 0. The van der Waals surface area contributed by atoms with Crippen LogP contribution < -0.4 is 15.3 Å². The standard InChI is InChI=1S/3C23H40O.Al/c3*1-2-3-4-5-6-7-8-9-10-11-12-13-14-15-16-17-22-18-20-23(24)21-19-22;/h3*18-21,24H,2-17H2,1H3;/q;;;+3/p-3. The number of rotatable bonds is 48. The van der Waals surface area contributed by atoms with Crippen LogP contribution in [0.3, 0.4) is 0 Å². The first-order chi connectivity index (χ1) is 35.5.